The van der Waals surface area contributed by atoms with Gasteiger partial charge in [-0.25, -0.2) is 0 Å². The van der Waals surface area contributed by atoms with Crippen molar-refractivity contribution in [1.29, 1.82) is 0 Å². The van der Waals surface area contributed by atoms with Crippen LogP contribution < -0.4 is 5.73 Å². The maximum absolute atomic E-state index is 5.61. The Bertz CT molecular complexity index is 199. The van der Waals surface area contributed by atoms with E-state index in [-0.39, 0.29) is 0 Å². The van der Waals surface area contributed by atoms with E-state index in [1.165, 1.54) is 57.9 Å². The lowest BCUT2D eigenvalue weighted by atomic mass is 9.95. The van der Waals surface area contributed by atoms with Gasteiger partial charge in [0.15, 0.2) is 0 Å². The SMILES string of the molecule is CC(CCCN)N1CCCC1C1CCCC1. The molecule has 0 aromatic rings. The molecule has 1 aliphatic carbocycles. The lowest BCUT2D eigenvalue weighted by Crippen LogP contribution is -2.41. The topological polar surface area (TPSA) is 29.3 Å². The maximum Gasteiger partial charge on any atom is 0.0127 e. The Morgan fingerprint density at radius 1 is 1.19 bits per heavy atom. The summed E-state index contributed by atoms with van der Waals surface area (Å²) in [6, 6.07) is 1.67. The van der Waals surface area contributed by atoms with Gasteiger partial charge in [-0.3, -0.25) is 4.90 Å². The van der Waals surface area contributed by atoms with Crippen molar-refractivity contribution < 1.29 is 0 Å². The van der Waals surface area contributed by atoms with E-state index in [4.69, 9.17) is 5.73 Å². The van der Waals surface area contributed by atoms with Crippen LogP contribution in [0.15, 0.2) is 0 Å². The summed E-state index contributed by atoms with van der Waals surface area (Å²) in [6.45, 7) is 4.60. The van der Waals surface area contributed by atoms with Crippen molar-refractivity contribution in [3.8, 4) is 0 Å². The molecule has 2 unspecified atom stereocenters. The predicted molar refractivity (Wildman–Crippen MR) is 69.4 cm³/mol. The molecule has 2 nitrogen and oxygen atoms in total. The Morgan fingerprint density at radius 3 is 2.62 bits per heavy atom. The van der Waals surface area contributed by atoms with Crippen LogP contribution in [0.3, 0.4) is 0 Å². The highest BCUT2D eigenvalue weighted by atomic mass is 15.2. The van der Waals surface area contributed by atoms with Gasteiger partial charge >= 0.3 is 0 Å². The third kappa shape index (κ3) is 2.78. The van der Waals surface area contributed by atoms with E-state index >= 15 is 0 Å². The zero-order valence-corrected chi connectivity index (χ0v) is 10.8. The zero-order valence-electron chi connectivity index (χ0n) is 10.8. The van der Waals surface area contributed by atoms with E-state index in [1.807, 2.05) is 0 Å². The van der Waals surface area contributed by atoms with Crippen molar-refractivity contribution in [3.05, 3.63) is 0 Å². The van der Waals surface area contributed by atoms with Gasteiger partial charge in [-0.1, -0.05) is 12.8 Å². The minimum atomic E-state index is 0.761. The van der Waals surface area contributed by atoms with Gasteiger partial charge < -0.3 is 5.73 Å². The van der Waals surface area contributed by atoms with E-state index < -0.39 is 0 Å². The van der Waals surface area contributed by atoms with Crippen molar-refractivity contribution >= 4 is 0 Å². The summed E-state index contributed by atoms with van der Waals surface area (Å²) in [5, 5.41) is 0. The maximum atomic E-state index is 5.61. The number of nitrogens with two attached hydrogens (primary N) is 1. The first-order valence-corrected chi connectivity index (χ1v) is 7.28. The largest absolute Gasteiger partial charge is 0.330 e. The Labute approximate surface area is 101 Å². The Hall–Kier alpha value is -0.0800. The minimum Gasteiger partial charge on any atom is -0.330 e. The van der Waals surface area contributed by atoms with Gasteiger partial charge in [0, 0.05) is 12.1 Å². The van der Waals surface area contributed by atoms with Gasteiger partial charge in [0.2, 0.25) is 0 Å². The number of likely N-dealkylation sites (tertiary alicyclic amines) is 1. The Kier molecular flexibility index (Phi) is 4.66. The molecule has 0 bridgehead atoms. The monoisotopic (exact) mass is 224 g/mol. The molecule has 1 aliphatic heterocycles. The van der Waals surface area contributed by atoms with E-state index in [9.17, 15) is 0 Å². The molecule has 2 heteroatoms. The molecule has 0 radical (unpaired) electrons. The highest BCUT2D eigenvalue weighted by Gasteiger charge is 2.35. The smallest absolute Gasteiger partial charge is 0.0127 e. The normalized spacial score (nSPS) is 30.0. The lowest BCUT2D eigenvalue weighted by molar-refractivity contribution is 0.137. The minimum absolute atomic E-state index is 0.761. The average molecular weight is 224 g/mol. The molecule has 0 spiro atoms. The number of rotatable bonds is 5. The second kappa shape index (κ2) is 6.02. The summed E-state index contributed by atoms with van der Waals surface area (Å²) in [7, 11) is 0. The van der Waals surface area contributed by atoms with Crippen LogP contribution in [0.4, 0.5) is 0 Å². The molecule has 2 aliphatic rings. The molecule has 2 N–H and O–H groups in total. The van der Waals surface area contributed by atoms with Gasteiger partial charge in [-0.15, -0.1) is 0 Å². The number of nitrogens with zero attached hydrogens (tertiary/aromatic N) is 1. The third-order valence-electron chi connectivity index (χ3n) is 4.68. The van der Waals surface area contributed by atoms with Crippen LogP contribution in [0, 0.1) is 5.92 Å². The quantitative estimate of drug-likeness (QED) is 0.778. The van der Waals surface area contributed by atoms with Crippen LogP contribution in [0.5, 0.6) is 0 Å². The van der Waals surface area contributed by atoms with Gasteiger partial charge in [-0.2, -0.15) is 0 Å². The molecule has 1 saturated carbocycles. The van der Waals surface area contributed by atoms with Gasteiger partial charge in [0.05, 0.1) is 0 Å². The Morgan fingerprint density at radius 2 is 1.94 bits per heavy atom. The van der Waals surface area contributed by atoms with Gasteiger partial charge in [0.1, 0.15) is 0 Å². The molecule has 1 saturated heterocycles. The molecule has 2 rings (SSSR count). The fraction of sp³-hybridized carbons (Fsp3) is 1.00. The van der Waals surface area contributed by atoms with Crippen molar-refractivity contribution in [3.63, 3.8) is 0 Å². The predicted octanol–water partition coefficient (Wildman–Crippen LogP) is 2.77. The highest BCUT2D eigenvalue weighted by molar-refractivity contribution is 4.89. The van der Waals surface area contributed by atoms with E-state index in [1.54, 1.807) is 0 Å². The van der Waals surface area contributed by atoms with Crippen LogP contribution >= 0.6 is 0 Å². The van der Waals surface area contributed by atoms with Crippen molar-refractivity contribution in [2.75, 3.05) is 13.1 Å². The zero-order chi connectivity index (χ0) is 11.4. The first-order valence-electron chi connectivity index (χ1n) is 7.28. The first kappa shape index (κ1) is 12.4. The number of hydrogen-bond donors (Lipinski definition) is 1. The van der Waals surface area contributed by atoms with Crippen LogP contribution in [-0.2, 0) is 0 Å². The van der Waals surface area contributed by atoms with Crippen molar-refractivity contribution in [2.45, 2.75) is 70.4 Å². The summed E-state index contributed by atoms with van der Waals surface area (Å²) in [5.74, 6) is 1.02. The lowest BCUT2D eigenvalue weighted by Gasteiger charge is -2.34. The highest BCUT2D eigenvalue weighted by Crippen LogP contribution is 2.36. The molecule has 94 valence electrons. The van der Waals surface area contributed by atoms with E-state index in [0.717, 1.165) is 24.5 Å². The van der Waals surface area contributed by atoms with Crippen LogP contribution in [0.2, 0.25) is 0 Å². The third-order valence-corrected chi connectivity index (χ3v) is 4.68. The van der Waals surface area contributed by atoms with E-state index in [0.29, 0.717) is 0 Å². The van der Waals surface area contributed by atoms with Crippen LogP contribution in [-0.4, -0.2) is 30.1 Å². The summed E-state index contributed by atoms with van der Waals surface area (Å²) in [5.41, 5.74) is 5.61. The second-order valence-electron chi connectivity index (χ2n) is 5.77. The standard InChI is InChI=1S/C14H28N2/c1-12(6-4-10-15)16-11-5-9-14(16)13-7-2-3-8-13/h12-14H,2-11,15H2,1H3. The molecular weight excluding hydrogens is 196 g/mol. The van der Waals surface area contributed by atoms with Crippen molar-refractivity contribution in [1.82, 2.24) is 4.90 Å². The molecule has 2 atom stereocenters. The molecular formula is C14H28N2. The number of hydrogen-bond acceptors (Lipinski definition) is 2. The molecule has 0 aromatic carbocycles. The Balaban J connectivity index is 1.86. The average Bonchev–Trinajstić information content (AvgIpc) is 2.94. The summed E-state index contributed by atoms with van der Waals surface area (Å²) in [6.07, 6.45) is 11.3. The first-order chi connectivity index (χ1) is 7.83. The molecule has 0 aromatic heterocycles. The summed E-state index contributed by atoms with van der Waals surface area (Å²) in [4.78, 5) is 2.80. The fourth-order valence-electron chi connectivity index (χ4n) is 3.79. The van der Waals surface area contributed by atoms with Crippen LogP contribution in [0.25, 0.3) is 0 Å². The van der Waals surface area contributed by atoms with Gasteiger partial charge in [-0.05, 0) is 64.5 Å². The van der Waals surface area contributed by atoms with Crippen LogP contribution in [0.1, 0.15) is 58.3 Å². The van der Waals surface area contributed by atoms with E-state index in [2.05, 4.69) is 11.8 Å². The fourth-order valence-corrected chi connectivity index (χ4v) is 3.79. The van der Waals surface area contributed by atoms with Gasteiger partial charge in [0.25, 0.3) is 0 Å². The summed E-state index contributed by atoms with van der Waals surface area (Å²) >= 11 is 0. The molecule has 2 fully saturated rings. The second-order valence-corrected chi connectivity index (χ2v) is 5.77. The van der Waals surface area contributed by atoms with Crippen molar-refractivity contribution in [2.24, 2.45) is 11.7 Å². The molecule has 16 heavy (non-hydrogen) atoms. The molecule has 1 heterocycles. The molecule has 0 amide bonds. The summed E-state index contributed by atoms with van der Waals surface area (Å²) < 4.78 is 0.